The number of aryl methyl sites for hydroxylation is 2. The van der Waals surface area contributed by atoms with Crippen LogP contribution in [0.3, 0.4) is 0 Å². The molecule has 0 amide bonds. The maximum atomic E-state index is 4.53. The molecule has 4 nitrogen and oxygen atoms in total. The number of aromatic nitrogens is 1. The highest BCUT2D eigenvalue weighted by Gasteiger charge is 2.11. The molecular formula is C16H22BrIN4S. The lowest BCUT2D eigenvalue weighted by Gasteiger charge is -2.19. The van der Waals surface area contributed by atoms with Crippen LogP contribution in [-0.4, -0.2) is 18.0 Å². The van der Waals surface area contributed by atoms with Gasteiger partial charge in [-0.15, -0.1) is 35.3 Å². The molecule has 1 heterocycles. The van der Waals surface area contributed by atoms with E-state index in [0.29, 0.717) is 6.54 Å². The van der Waals surface area contributed by atoms with E-state index in [0.717, 1.165) is 21.1 Å². The number of aliphatic imine (C=N–C) groups is 1. The molecule has 23 heavy (non-hydrogen) atoms. The lowest BCUT2D eigenvalue weighted by molar-refractivity contribution is 0.682. The minimum atomic E-state index is 0. The van der Waals surface area contributed by atoms with Gasteiger partial charge >= 0.3 is 0 Å². The molecule has 0 saturated heterocycles. The number of nitrogens with zero attached hydrogens (tertiary/aromatic N) is 2. The summed E-state index contributed by atoms with van der Waals surface area (Å²) in [6.45, 7) is 6.93. The number of benzene rings is 1. The molecule has 2 aromatic rings. The minimum Gasteiger partial charge on any atom is -0.350 e. The van der Waals surface area contributed by atoms with Crippen LogP contribution in [-0.2, 0) is 6.54 Å². The van der Waals surface area contributed by atoms with Crippen LogP contribution in [0.4, 0.5) is 0 Å². The Kier molecular flexibility index (Phi) is 8.49. The molecule has 1 atom stereocenters. The molecule has 1 aromatic carbocycles. The lowest BCUT2D eigenvalue weighted by Crippen LogP contribution is -2.38. The average molecular weight is 509 g/mol. The first-order chi connectivity index (χ1) is 10.5. The molecule has 0 fully saturated rings. The van der Waals surface area contributed by atoms with Crippen LogP contribution in [0.5, 0.6) is 0 Å². The largest absolute Gasteiger partial charge is 0.350 e. The number of nitrogens with one attached hydrogen (secondary N) is 2. The molecule has 2 N–H and O–H groups in total. The Bertz CT molecular complexity index is 652. The maximum Gasteiger partial charge on any atom is 0.191 e. The highest BCUT2D eigenvalue weighted by Crippen LogP contribution is 2.22. The Labute approximate surface area is 167 Å². The zero-order valence-corrected chi connectivity index (χ0v) is 18.4. The summed E-state index contributed by atoms with van der Waals surface area (Å²) in [7, 11) is 1.78. The Balaban J connectivity index is 0.00000264. The standard InChI is InChI=1S/C16H21BrN4S.HI/c1-10-12(3)22-15(20-10)9-19-16(18-4)21-11(2)13-7-5-6-8-14(13)17;/h5-8,11H,9H2,1-4H3,(H2,18,19,21);1H. The van der Waals surface area contributed by atoms with Crippen molar-refractivity contribution < 1.29 is 0 Å². The third kappa shape index (κ3) is 5.72. The van der Waals surface area contributed by atoms with Crippen LogP contribution >= 0.6 is 51.2 Å². The van der Waals surface area contributed by atoms with E-state index >= 15 is 0 Å². The van der Waals surface area contributed by atoms with E-state index in [9.17, 15) is 0 Å². The van der Waals surface area contributed by atoms with Crippen molar-refractivity contribution in [2.75, 3.05) is 7.05 Å². The first-order valence-electron chi connectivity index (χ1n) is 7.15. The van der Waals surface area contributed by atoms with Gasteiger partial charge in [-0.1, -0.05) is 34.1 Å². The zero-order valence-electron chi connectivity index (χ0n) is 13.7. The third-order valence-corrected chi connectivity index (χ3v) is 5.22. The molecule has 0 bridgehead atoms. The topological polar surface area (TPSA) is 49.3 Å². The van der Waals surface area contributed by atoms with Crippen LogP contribution in [0.1, 0.15) is 34.1 Å². The van der Waals surface area contributed by atoms with Crippen molar-refractivity contribution in [2.24, 2.45) is 4.99 Å². The highest BCUT2D eigenvalue weighted by molar-refractivity contribution is 14.0. The molecular weight excluding hydrogens is 487 g/mol. The number of halogens is 2. The van der Waals surface area contributed by atoms with Crippen LogP contribution in [0, 0.1) is 13.8 Å². The molecule has 0 radical (unpaired) electrons. The highest BCUT2D eigenvalue weighted by atomic mass is 127. The van der Waals surface area contributed by atoms with Gasteiger partial charge in [0, 0.05) is 16.4 Å². The summed E-state index contributed by atoms with van der Waals surface area (Å²) >= 11 is 5.31. The second kappa shape index (κ2) is 9.58. The van der Waals surface area contributed by atoms with Gasteiger partial charge in [0.05, 0.1) is 18.3 Å². The smallest absolute Gasteiger partial charge is 0.191 e. The Morgan fingerprint density at radius 2 is 2.04 bits per heavy atom. The van der Waals surface area contributed by atoms with Gasteiger partial charge in [0.15, 0.2) is 5.96 Å². The fourth-order valence-electron chi connectivity index (χ4n) is 2.08. The predicted molar refractivity (Wildman–Crippen MR) is 113 cm³/mol. The van der Waals surface area contributed by atoms with Crippen molar-refractivity contribution in [1.29, 1.82) is 0 Å². The SMILES string of the molecule is CN=C(NCc1nc(C)c(C)s1)NC(C)c1ccccc1Br.I. The number of hydrogen-bond acceptors (Lipinski definition) is 3. The van der Waals surface area contributed by atoms with Crippen molar-refractivity contribution in [1.82, 2.24) is 15.6 Å². The van der Waals surface area contributed by atoms with E-state index in [1.54, 1.807) is 18.4 Å². The molecule has 126 valence electrons. The van der Waals surface area contributed by atoms with E-state index in [-0.39, 0.29) is 30.0 Å². The van der Waals surface area contributed by atoms with Gasteiger partial charge in [-0.3, -0.25) is 4.99 Å². The lowest BCUT2D eigenvalue weighted by atomic mass is 10.1. The monoisotopic (exact) mass is 508 g/mol. The van der Waals surface area contributed by atoms with Crippen LogP contribution in [0.2, 0.25) is 0 Å². The van der Waals surface area contributed by atoms with Crippen molar-refractivity contribution in [3.8, 4) is 0 Å². The summed E-state index contributed by atoms with van der Waals surface area (Å²) in [4.78, 5) is 10.1. The Morgan fingerprint density at radius 3 is 2.61 bits per heavy atom. The predicted octanol–water partition coefficient (Wildman–Crippen LogP) is 4.57. The van der Waals surface area contributed by atoms with Crippen LogP contribution < -0.4 is 10.6 Å². The van der Waals surface area contributed by atoms with Gasteiger partial charge in [-0.25, -0.2) is 4.98 Å². The number of hydrogen-bond donors (Lipinski definition) is 2. The summed E-state index contributed by atoms with van der Waals surface area (Å²) in [6, 6.07) is 8.35. The van der Waals surface area contributed by atoms with Gasteiger partial charge in [-0.2, -0.15) is 0 Å². The molecule has 0 aliphatic carbocycles. The van der Waals surface area contributed by atoms with Crippen molar-refractivity contribution in [3.63, 3.8) is 0 Å². The fourth-order valence-corrected chi connectivity index (χ4v) is 3.58. The molecule has 0 aliphatic heterocycles. The summed E-state index contributed by atoms with van der Waals surface area (Å²) in [5, 5.41) is 7.79. The van der Waals surface area contributed by atoms with Crippen molar-refractivity contribution in [3.05, 3.63) is 49.9 Å². The molecule has 1 unspecified atom stereocenters. The van der Waals surface area contributed by atoms with Crippen LogP contribution in [0.15, 0.2) is 33.7 Å². The number of guanidine groups is 1. The number of rotatable bonds is 4. The van der Waals surface area contributed by atoms with Crippen molar-refractivity contribution >= 4 is 57.2 Å². The van der Waals surface area contributed by atoms with Gasteiger partial charge < -0.3 is 10.6 Å². The van der Waals surface area contributed by atoms with E-state index in [1.165, 1.54) is 10.4 Å². The first kappa shape index (κ1) is 20.4. The Morgan fingerprint density at radius 1 is 1.35 bits per heavy atom. The van der Waals surface area contributed by atoms with Gasteiger partial charge in [0.1, 0.15) is 5.01 Å². The van der Waals surface area contributed by atoms with Gasteiger partial charge in [-0.05, 0) is 32.4 Å². The Hall–Kier alpha value is -0.670. The average Bonchev–Trinajstić information content (AvgIpc) is 2.82. The quantitative estimate of drug-likeness (QED) is 0.361. The normalized spacial score (nSPS) is 12.5. The molecule has 7 heteroatoms. The van der Waals surface area contributed by atoms with Crippen LogP contribution in [0.25, 0.3) is 0 Å². The summed E-state index contributed by atoms with van der Waals surface area (Å²) in [6.07, 6.45) is 0. The van der Waals surface area contributed by atoms with Gasteiger partial charge in [0.25, 0.3) is 0 Å². The molecule has 1 aromatic heterocycles. The maximum absolute atomic E-state index is 4.53. The molecule has 0 aliphatic rings. The second-order valence-corrected chi connectivity index (χ2v) is 7.20. The fraction of sp³-hybridized carbons (Fsp3) is 0.375. The third-order valence-electron chi connectivity index (χ3n) is 3.43. The molecule has 0 spiro atoms. The summed E-state index contributed by atoms with van der Waals surface area (Å²) in [5.74, 6) is 0.772. The van der Waals surface area contributed by atoms with Crippen molar-refractivity contribution in [2.45, 2.75) is 33.4 Å². The zero-order chi connectivity index (χ0) is 16.1. The second-order valence-electron chi connectivity index (χ2n) is 5.06. The summed E-state index contributed by atoms with van der Waals surface area (Å²) in [5.41, 5.74) is 2.30. The first-order valence-corrected chi connectivity index (χ1v) is 8.76. The van der Waals surface area contributed by atoms with Gasteiger partial charge in [0.2, 0.25) is 0 Å². The molecule has 2 rings (SSSR count). The summed E-state index contributed by atoms with van der Waals surface area (Å²) < 4.78 is 1.09. The van der Waals surface area contributed by atoms with E-state index in [1.807, 2.05) is 25.1 Å². The molecule has 0 saturated carbocycles. The minimum absolute atomic E-state index is 0. The van der Waals surface area contributed by atoms with E-state index < -0.39 is 0 Å². The van der Waals surface area contributed by atoms with E-state index in [4.69, 9.17) is 0 Å². The van der Waals surface area contributed by atoms with E-state index in [2.05, 4.69) is 56.5 Å². The number of thiazole rings is 1.